The number of carbonyl (C=O) groups excluding carboxylic acids is 1. The Labute approximate surface area is 142 Å². The second-order valence-electron chi connectivity index (χ2n) is 5.18. The van der Waals surface area contributed by atoms with Crippen molar-refractivity contribution in [3.8, 4) is 11.8 Å². The molecule has 0 unspecified atom stereocenters. The van der Waals surface area contributed by atoms with Crippen molar-refractivity contribution >= 4 is 17.7 Å². The highest BCUT2D eigenvalue weighted by Gasteiger charge is 2.09. The summed E-state index contributed by atoms with van der Waals surface area (Å²) in [6.07, 6.45) is 2.50. The smallest absolute Gasteiger partial charge is 0.266 e. The fourth-order valence-electron chi connectivity index (χ4n) is 2.16. The maximum Gasteiger partial charge on any atom is 0.266 e. The summed E-state index contributed by atoms with van der Waals surface area (Å²) in [5, 5.41) is 12.0. The van der Waals surface area contributed by atoms with Crippen LogP contribution >= 0.6 is 0 Å². The van der Waals surface area contributed by atoms with Crippen molar-refractivity contribution in [2.45, 2.75) is 20.3 Å². The van der Waals surface area contributed by atoms with Gasteiger partial charge in [-0.3, -0.25) is 4.79 Å². The summed E-state index contributed by atoms with van der Waals surface area (Å²) in [7, 11) is 0. The molecular formula is C20H20N2O2. The minimum Gasteiger partial charge on any atom is -0.494 e. The number of aryl methyl sites for hydroxylation is 1. The number of carbonyl (C=O) groups is 1. The Morgan fingerprint density at radius 2 is 1.79 bits per heavy atom. The van der Waals surface area contributed by atoms with Crippen LogP contribution in [0.5, 0.6) is 5.75 Å². The molecule has 4 nitrogen and oxygen atoms in total. The quantitative estimate of drug-likeness (QED) is 0.641. The van der Waals surface area contributed by atoms with Crippen LogP contribution in [0.4, 0.5) is 5.69 Å². The van der Waals surface area contributed by atoms with Crippen LogP contribution in [-0.2, 0) is 11.2 Å². The lowest BCUT2D eigenvalue weighted by atomic mass is 10.1. The van der Waals surface area contributed by atoms with Crippen molar-refractivity contribution in [2.24, 2.45) is 0 Å². The molecule has 24 heavy (non-hydrogen) atoms. The topological polar surface area (TPSA) is 62.1 Å². The number of anilines is 1. The third-order valence-electron chi connectivity index (χ3n) is 3.49. The van der Waals surface area contributed by atoms with Gasteiger partial charge in [0.05, 0.1) is 6.61 Å². The van der Waals surface area contributed by atoms with Gasteiger partial charge in [-0.25, -0.2) is 0 Å². The lowest BCUT2D eigenvalue weighted by molar-refractivity contribution is -0.112. The van der Waals surface area contributed by atoms with Crippen LogP contribution in [0.3, 0.4) is 0 Å². The van der Waals surface area contributed by atoms with Gasteiger partial charge in [-0.15, -0.1) is 0 Å². The first-order chi connectivity index (χ1) is 11.7. The Kier molecular flexibility index (Phi) is 6.16. The van der Waals surface area contributed by atoms with Gasteiger partial charge in [0.15, 0.2) is 0 Å². The van der Waals surface area contributed by atoms with Crippen molar-refractivity contribution in [3.05, 3.63) is 65.2 Å². The molecule has 0 radical (unpaired) electrons. The Morgan fingerprint density at radius 1 is 1.12 bits per heavy atom. The van der Waals surface area contributed by atoms with E-state index in [0.29, 0.717) is 12.3 Å². The number of nitriles is 1. The van der Waals surface area contributed by atoms with E-state index in [1.807, 2.05) is 61.5 Å². The first-order valence-electron chi connectivity index (χ1n) is 7.91. The second kappa shape index (κ2) is 8.54. The zero-order valence-corrected chi connectivity index (χ0v) is 13.9. The normalized spacial score (nSPS) is 10.8. The molecule has 2 rings (SSSR count). The van der Waals surface area contributed by atoms with E-state index in [0.717, 1.165) is 17.7 Å². The molecule has 0 bridgehead atoms. The van der Waals surface area contributed by atoms with E-state index < -0.39 is 5.91 Å². The fourth-order valence-corrected chi connectivity index (χ4v) is 2.16. The van der Waals surface area contributed by atoms with Crippen LogP contribution in [0.2, 0.25) is 0 Å². The van der Waals surface area contributed by atoms with Crippen molar-refractivity contribution in [3.63, 3.8) is 0 Å². The fraction of sp³-hybridized carbons (Fsp3) is 0.200. The average Bonchev–Trinajstić information content (AvgIpc) is 2.62. The molecule has 2 aromatic carbocycles. The number of hydrogen-bond acceptors (Lipinski definition) is 3. The van der Waals surface area contributed by atoms with Crippen LogP contribution in [-0.4, -0.2) is 12.5 Å². The maximum atomic E-state index is 12.2. The van der Waals surface area contributed by atoms with E-state index in [1.54, 1.807) is 6.08 Å². The summed E-state index contributed by atoms with van der Waals surface area (Å²) in [6, 6.07) is 16.8. The molecule has 0 aromatic heterocycles. The second-order valence-corrected chi connectivity index (χ2v) is 5.18. The molecule has 0 heterocycles. The first-order valence-corrected chi connectivity index (χ1v) is 7.91. The molecule has 0 aliphatic carbocycles. The van der Waals surface area contributed by atoms with E-state index in [9.17, 15) is 10.1 Å². The standard InChI is InChI=1S/C20H20N2O2/c1-3-15-5-9-18(10-6-15)22-20(23)17(14-21)13-16-7-11-19(12-8-16)24-4-2/h5-13H,3-4H2,1-2H3,(H,22,23)/b17-13-. The lowest BCUT2D eigenvalue weighted by Gasteiger charge is -2.06. The van der Waals surface area contributed by atoms with Crippen molar-refractivity contribution in [1.82, 2.24) is 0 Å². The highest BCUT2D eigenvalue weighted by atomic mass is 16.5. The summed E-state index contributed by atoms with van der Waals surface area (Å²) in [5.41, 5.74) is 2.69. The summed E-state index contributed by atoms with van der Waals surface area (Å²) in [6.45, 7) is 4.58. The van der Waals surface area contributed by atoms with Crippen LogP contribution in [0, 0.1) is 11.3 Å². The van der Waals surface area contributed by atoms with Crippen molar-refractivity contribution in [1.29, 1.82) is 5.26 Å². The number of hydrogen-bond donors (Lipinski definition) is 1. The molecule has 2 aromatic rings. The summed E-state index contributed by atoms with van der Waals surface area (Å²) in [5.74, 6) is 0.337. The van der Waals surface area contributed by atoms with Crippen molar-refractivity contribution < 1.29 is 9.53 Å². The Bertz CT molecular complexity index is 754. The first kappa shape index (κ1) is 17.3. The zero-order chi connectivity index (χ0) is 17.4. The van der Waals surface area contributed by atoms with Gasteiger partial charge in [-0.1, -0.05) is 31.2 Å². The summed E-state index contributed by atoms with van der Waals surface area (Å²) in [4.78, 5) is 12.2. The number of amides is 1. The molecule has 0 aliphatic heterocycles. The molecule has 0 saturated carbocycles. The van der Waals surface area contributed by atoms with Gasteiger partial charge in [-0.05, 0) is 54.8 Å². The van der Waals surface area contributed by atoms with Gasteiger partial charge in [0.25, 0.3) is 5.91 Å². The lowest BCUT2D eigenvalue weighted by Crippen LogP contribution is -2.13. The predicted octanol–water partition coefficient (Wildman–Crippen LogP) is 4.19. The Morgan fingerprint density at radius 3 is 2.33 bits per heavy atom. The van der Waals surface area contributed by atoms with Gasteiger partial charge in [-0.2, -0.15) is 5.26 Å². The van der Waals surface area contributed by atoms with Gasteiger partial charge >= 0.3 is 0 Å². The number of nitrogens with one attached hydrogen (secondary N) is 1. The van der Waals surface area contributed by atoms with E-state index >= 15 is 0 Å². The number of nitrogens with zero attached hydrogens (tertiary/aromatic N) is 1. The predicted molar refractivity (Wildman–Crippen MR) is 95.7 cm³/mol. The van der Waals surface area contributed by atoms with Crippen LogP contribution < -0.4 is 10.1 Å². The SMILES string of the molecule is CCOc1ccc(/C=C(/C#N)C(=O)Nc2ccc(CC)cc2)cc1. The molecule has 0 spiro atoms. The van der Waals surface area contributed by atoms with Crippen LogP contribution in [0.1, 0.15) is 25.0 Å². The minimum absolute atomic E-state index is 0.0544. The minimum atomic E-state index is -0.421. The number of benzene rings is 2. The van der Waals surface area contributed by atoms with E-state index in [2.05, 4.69) is 12.2 Å². The third kappa shape index (κ3) is 4.72. The van der Waals surface area contributed by atoms with Crippen LogP contribution in [0.25, 0.3) is 6.08 Å². The van der Waals surface area contributed by atoms with Gasteiger partial charge < -0.3 is 10.1 Å². The zero-order valence-electron chi connectivity index (χ0n) is 13.9. The van der Waals surface area contributed by atoms with Gasteiger partial charge in [0, 0.05) is 5.69 Å². The van der Waals surface area contributed by atoms with E-state index in [1.165, 1.54) is 5.56 Å². The number of rotatable bonds is 6. The van der Waals surface area contributed by atoms with Crippen molar-refractivity contribution in [2.75, 3.05) is 11.9 Å². The molecular weight excluding hydrogens is 300 g/mol. The largest absolute Gasteiger partial charge is 0.494 e. The molecule has 1 N–H and O–H groups in total. The molecule has 1 amide bonds. The molecule has 0 fully saturated rings. The third-order valence-corrected chi connectivity index (χ3v) is 3.49. The van der Waals surface area contributed by atoms with E-state index in [-0.39, 0.29) is 5.57 Å². The highest BCUT2D eigenvalue weighted by molar-refractivity contribution is 6.09. The monoisotopic (exact) mass is 320 g/mol. The molecule has 0 saturated heterocycles. The van der Waals surface area contributed by atoms with Gasteiger partial charge in [0.2, 0.25) is 0 Å². The molecule has 0 aliphatic rings. The van der Waals surface area contributed by atoms with Gasteiger partial charge in [0.1, 0.15) is 17.4 Å². The molecule has 122 valence electrons. The highest BCUT2D eigenvalue weighted by Crippen LogP contribution is 2.16. The van der Waals surface area contributed by atoms with E-state index in [4.69, 9.17) is 4.74 Å². The molecule has 0 atom stereocenters. The summed E-state index contributed by atoms with van der Waals surface area (Å²) >= 11 is 0. The van der Waals surface area contributed by atoms with Crippen LogP contribution in [0.15, 0.2) is 54.1 Å². The number of ether oxygens (including phenoxy) is 1. The molecule has 4 heteroatoms. The summed E-state index contributed by atoms with van der Waals surface area (Å²) < 4.78 is 5.37. The Balaban J connectivity index is 2.11. The Hall–Kier alpha value is -3.06. The average molecular weight is 320 g/mol. The maximum absolute atomic E-state index is 12.2.